The topological polar surface area (TPSA) is 63.6 Å². The Morgan fingerprint density at radius 3 is 2.67 bits per heavy atom. The van der Waals surface area contributed by atoms with Crippen LogP contribution in [0.2, 0.25) is 0 Å². The maximum atomic E-state index is 4.28. The van der Waals surface area contributed by atoms with Crippen LogP contribution in [0.3, 0.4) is 0 Å². The Bertz CT molecular complexity index is 681. The third-order valence-corrected chi connectivity index (χ3v) is 2.55. The number of para-hydroxylation sites is 1. The standard InChI is InChI=1S/C13H11N5/c1-9-14-7-11-12(17-9)15-8-16-13(11)18-10-5-3-2-4-6-10/h2-8H,1H3,(H,14,15,16,17,18). The molecule has 3 aromatic rings. The van der Waals surface area contributed by atoms with E-state index >= 15 is 0 Å². The lowest BCUT2D eigenvalue weighted by molar-refractivity contribution is 1.06. The van der Waals surface area contributed by atoms with Crippen LogP contribution in [0.25, 0.3) is 11.0 Å². The van der Waals surface area contributed by atoms with Gasteiger partial charge in [-0.3, -0.25) is 0 Å². The first-order chi connectivity index (χ1) is 8.83. The summed E-state index contributed by atoms with van der Waals surface area (Å²) < 4.78 is 0. The second kappa shape index (κ2) is 4.37. The summed E-state index contributed by atoms with van der Waals surface area (Å²) in [6.07, 6.45) is 3.24. The van der Waals surface area contributed by atoms with E-state index in [2.05, 4.69) is 25.3 Å². The number of hydrogen-bond donors (Lipinski definition) is 1. The normalized spacial score (nSPS) is 10.5. The SMILES string of the molecule is Cc1ncc2c(Nc3ccccc3)ncnc2n1. The summed E-state index contributed by atoms with van der Waals surface area (Å²) >= 11 is 0. The summed E-state index contributed by atoms with van der Waals surface area (Å²) in [6, 6.07) is 9.85. The molecule has 2 aromatic heterocycles. The average molecular weight is 237 g/mol. The summed E-state index contributed by atoms with van der Waals surface area (Å²) in [5.41, 5.74) is 1.62. The number of anilines is 2. The molecule has 5 nitrogen and oxygen atoms in total. The van der Waals surface area contributed by atoms with Crippen LogP contribution in [0.4, 0.5) is 11.5 Å². The zero-order chi connectivity index (χ0) is 12.4. The Morgan fingerprint density at radius 2 is 1.83 bits per heavy atom. The summed E-state index contributed by atoms with van der Waals surface area (Å²) in [7, 11) is 0. The van der Waals surface area contributed by atoms with Crippen molar-refractivity contribution in [2.24, 2.45) is 0 Å². The predicted octanol–water partition coefficient (Wildman–Crippen LogP) is 2.47. The van der Waals surface area contributed by atoms with Gasteiger partial charge in [-0.25, -0.2) is 19.9 Å². The third kappa shape index (κ3) is 1.98. The van der Waals surface area contributed by atoms with Crippen molar-refractivity contribution in [1.29, 1.82) is 0 Å². The van der Waals surface area contributed by atoms with E-state index in [-0.39, 0.29) is 0 Å². The van der Waals surface area contributed by atoms with Gasteiger partial charge >= 0.3 is 0 Å². The van der Waals surface area contributed by atoms with E-state index < -0.39 is 0 Å². The molecule has 0 saturated heterocycles. The summed E-state index contributed by atoms with van der Waals surface area (Å²) in [6.45, 7) is 1.84. The van der Waals surface area contributed by atoms with E-state index in [4.69, 9.17) is 0 Å². The highest BCUT2D eigenvalue weighted by Crippen LogP contribution is 2.20. The number of nitrogens with zero attached hydrogens (tertiary/aromatic N) is 4. The Morgan fingerprint density at radius 1 is 1.00 bits per heavy atom. The molecule has 0 fully saturated rings. The van der Waals surface area contributed by atoms with Gasteiger partial charge in [0.15, 0.2) is 5.65 Å². The molecule has 1 aromatic carbocycles. The van der Waals surface area contributed by atoms with Gasteiger partial charge in [0.25, 0.3) is 0 Å². The fourth-order valence-electron chi connectivity index (χ4n) is 1.69. The number of nitrogens with one attached hydrogen (secondary N) is 1. The quantitative estimate of drug-likeness (QED) is 0.741. The molecule has 0 saturated carbocycles. The monoisotopic (exact) mass is 237 g/mol. The van der Waals surface area contributed by atoms with Crippen molar-refractivity contribution in [2.45, 2.75) is 6.92 Å². The highest BCUT2D eigenvalue weighted by Gasteiger charge is 2.05. The summed E-state index contributed by atoms with van der Waals surface area (Å²) in [4.78, 5) is 16.8. The first kappa shape index (κ1) is 10.6. The maximum absolute atomic E-state index is 4.28. The lowest BCUT2D eigenvalue weighted by atomic mass is 10.3. The molecule has 0 unspecified atom stereocenters. The van der Waals surface area contributed by atoms with Gasteiger partial charge in [0.05, 0.1) is 5.39 Å². The Balaban J connectivity index is 2.07. The van der Waals surface area contributed by atoms with Crippen molar-refractivity contribution in [3.05, 3.63) is 48.7 Å². The molecule has 18 heavy (non-hydrogen) atoms. The number of fused-ring (bicyclic) bond motifs is 1. The molecule has 0 aliphatic rings. The summed E-state index contributed by atoms with van der Waals surface area (Å²) in [5, 5.41) is 4.05. The Labute approximate surface area is 104 Å². The minimum atomic E-state index is 0.649. The molecule has 1 N–H and O–H groups in total. The second-order valence-corrected chi connectivity index (χ2v) is 3.87. The van der Waals surface area contributed by atoms with Gasteiger partial charge in [0.2, 0.25) is 0 Å². The average Bonchev–Trinajstić information content (AvgIpc) is 2.40. The van der Waals surface area contributed by atoms with E-state index in [0.717, 1.165) is 11.1 Å². The Hall–Kier alpha value is -2.56. The van der Waals surface area contributed by atoms with Crippen LogP contribution in [0, 0.1) is 6.92 Å². The van der Waals surface area contributed by atoms with Gasteiger partial charge in [-0.05, 0) is 19.1 Å². The van der Waals surface area contributed by atoms with Crippen LogP contribution < -0.4 is 5.32 Å². The molecule has 0 atom stereocenters. The fourth-order valence-corrected chi connectivity index (χ4v) is 1.69. The predicted molar refractivity (Wildman–Crippen MR) is 69.6 cm³/mol. The van der Waals surface area contributed by atoms with Crippen molar-refractivity contribution >= 4 is 22.5 Å². The largest absolute Gasteiger partial charge is 0.340 e. The van der Waals surface area contributed by atoms with E-state index in [1.807, 2.05) is 37.3 Å². The van der Waals surface area contributed by atoms with Gasteiger partial charge in [0, 0.05) is 11.9 Å². The first-order valence-electron chi connectivity index (χ1n) is 5.59. The molecular weight excluding hydrogens is 226 g/mol. The molecule has 0 aliphatic carbocycles. The minimum Gasteiger partial charge on any atom is -0.340 e. The van der Waals surface area contributed by atoms with Crippen molar-refractivity contribution in [2.75, 3.05) is 5.32 Å². The molecule has 0 radical (unpaired) electrons. The maximum Gasteiger partial charge on any atom is 0.168 e. The van der Waals surface area contributed by atoms with Gasteiger partial charge < -0.3 is 5.32 Å². The van der Waals surface area contributed by atoms with Gasteiger partial charge in [-0.15, -0.1) is 0 Å². The highest BCUT2D eigenvalue weighted by molar-refractivity contribution is 5.87. The van der Waals surface area contributed by atoms with Crippen LogP contribution in [0.1, 0.15) is 5.82 Å². The molecule has 0 spiro atoms. The smallest absolute Gasteiger partial charge is 0.168 e. The Kier molecular flexibility index (Phi) is 2.57. The second-order valence-electron chi connectivity index (χ2n) is 3.87. The van der Waals surface area contributed by atoms with Crippen molar-refractivity contribution in [3.8, 4) is 0 Å². The van der Waals surface area contributed by atoms with Crippen LogP contribution in [0.5, 0.6) is 0 Å². The number of hydrogen-bond acceptors (Lipinski definition) is 5. The minimum absolute atomic E-state index is 0.649. The molecule has 2 heterocycles. The third-order valence-electron chi connectivity index (χ3n) is 2.55. The van der Waals surface area contributed by atoms with E-state index in [0.29, 0.717) is 17.3 Å². The fraction of sp³-hybridized carbons (Fsp3) is 0.0769. The number of rotatable bonds is 2. The molecule has 0 amide bonds. The van der Waals surface area contributed by atoms with E-state index in [9.17, 15) is 0 Å². The van der Waals surface area contributed by atoms with Gasteiger partial charge in [-0.1, -0.05) is 18.2 Å². The van der Waals surface area contributed by atoms with E-state index in [1.165, 1.54) is 6.33 Å². The zero-order valence-corrected chi connectivity index (χ0v) is 9.83. The van der Waals surface area contributed by atoms with Crippen molar-refractivity contribution in [1.82, 2.24) is 19.9 Å². The molecule has 88 valence electrons. The first-order valence-corrected chi connectivity index (χ1v) is 5.59. The number of aryl methyl sites for hydroxylation is 1. The van der Waals surface area contributed by atoms with E-state index in [1.54, 1.807) is 6.20 Å². The van der Waals surface area contributed by atoms with Crippen LogP contribution >= 0.6 is 0 Å². The van der Waals surface area contributed by atoms with Crippen molar-refractivity contribution in [3.63, 3.8) is 0 Å². The molecule has 5 heteroatoms. The zero-order valence-electron chi connectivity index (χ0n) is 9.83. The number of benzene rings is 1. The lowest BCUT2D eigenvalue weighted by Gasteiger charge is -2.07. The van der Waals surface area contributed by atoms with Crippen LogP contribution in [0.15, 0.2) is 42.9 Å². The molecular formula is C13H11N5. The summed E-state index contributed by atoms with van der Waals surface area (Å²) in [5.74, 6) is 1.41. The van der Waals surface area contributed by atoms with Crippen LogP contribution in [-0.4, -0.2) is 19.9 Å². The molecule has 3 rings (SSSR count). The van der Waals surface area contributed by atoms with Crippen molar-refractivity contribution < 1.29 is 0 Å². The lowest BCUT2D eigenvalue weighted by Crippen LogP contribution is -1.98. The highest BCUT2D eigenvalue weighted by atomic mass is 15.0. The molecule has 0 aliphatic heterocycles. The molecule has 0 bridgehead atoms. The van der Waals surface area contributed by atoms with Gasteiger partial charge in [0.1, 0.15) is 18.0 Å². The van der Waals surface area contributed by atoms with Gasteiger partial charge in [-0.2, -0.15) is 0 Å². The number of aromatic nitrogens is 4. The van der Waals surface area contributed by atoms with Crippen LogP contribution in [-0.2, 0) is 0 Å².